The fourth-order valence-electron chi connectivity index (χ4n) is 1.19. The van der Waals surface area contributed by atoms with Crippen molar-refractivity contribution in [3.8, 4) is 0 Å². The molecule has 0 aliphatic carbocycles. The van der Waals surface area contributed by atoms with E-state index in [0.29, 0.717) is 0 Å². The van der Waals surface area contributed by atoms with Gasteiger partial charge in [0, 0.05) is 11.5 Å². The van der Waals surface area contributed by atoms with Gasteiger partial charge < -0.3 is 5.73 Å². The Morgan fingerprint density at radius 1 is 1.29 bits per heavy atom. The van der Waals surface area contributed by atoms with Gasteiger partial charge in [-0.2, -0.15) is 0 Å². The maximum atomic E-state index is 13.3. The molecule has 5 heteroatoms. The SMILES string of the molecule is Nc1ccc2c(F)c(Cl)c(F)cc2n1. The van der Waals surface area contributed by atoms with Crippen molar-refractivity contribution < 1.29 is 8.78 Å². The van der Waals surface area contributed by atoms with Crippen LogP contribution >= 0.6 is 11.6 Å². The molecule has 2 rings (SSSR count). The van der Waals surface area contributed by atoms with Crippen LogP contribution < -0.4 is 5.73 Å². The molecule has 0 fully saturated rings. The minimum Gasteiger partial charge on any atom is -0.384 e. The van der Waals surface area contributed by atoms with Gasteiger partial charge in [0.2, 0.25) is 0 Å². The third-order valence-corrected chi connectivity index (χ3v) is 2.20. The van der Waals surface area contributed by atoms with Crippen LogP contribution in [-0.2, 0) is 0 Å². The van der Waals surface area contributed by atoms with E-state index in [1.807, 2.05) is 0 Å². The lowest BCUT2D eigenvalue weighted by Gasteiger charge is -2.02. The number of hydrogen-bond donors (Lipinski definition) is 1. The first-order valence-electron chi connectivity index (χ1n) is 3.79. The van der Waals surface area contributed by atoms with Crippen LogP contribution in [0.25, 0.3) is 10.9 Å². The molecule has 0 unspecified atom stereocenters. The molecule has 2 aromatic rings. The fourth-order valence-corrected chi connectivity index (χ4v) is 1.35. The topological polar surface area (TPSA) is 38.9 Å². The summed E-state index contributed by atoms with van der Waals surface area (Å²) in [5, 5.41) is -0.366. The molecule has 2 N–H and O–H groups in total. The highest BCUT2D eigenvalue weighted by molar-refractivity contribution is 6.31. The van der Waals surface area contributed by atoms with E-state index in [4.69, 9.17) is 17.3 Å². The van der Waals surface area contributed by atoms with E-state index in [-0.39, 0.29) is 16.7 Å². The van der Waals surface area contributed by atoms with Crippen LogP contribution in [0.4, 0.5) is 14.6 Å². The standard InChI is InChI=1S/C9H5ClF2N2/c10-8-5(11)3-6-4(9(8)12)1-2-7(13)14-6/h1-3H,(H2,13,14). The van der Waals surface area contributed by atoms with Crippen LogP contribution in [0.2, 0.25) is 5.02 Å². The summed E-state index contributed by atoms with van der Waals surface area (Å²) in [6.07, 6.45) is 0. The average Bonchev–Trinajstić information content (AvgIpc) is 2.14. The number of rotatable bonds is 0. The smallest absolute Gasteiger partial charge is 0.154 e. The van der Waals surface area contributed by atoms with E-state index < -0.39 is 16.7 Å². The highest BCUT2D eigenvalue weighted by Gasteiger charge is 2.12. The summed E-state index contributed by atoms with van der Waals surface area (Å²) in [4.78, 5) is 3.78. The highest BCUT2D eigenvalue weighted by Crippen LogP contribution is 2.26. The van der Waals surface area contributed by atoms with Gasteiger partial charge in [0.15, 0.2) is 5.82 Å². The highest BCUT2D eigenvalue weighted by atomic mass is 35.5. The van der Waals surface area contributed by atoms with Gasteiger partial charge in [-0.1, -0.05) is 11.6 Å². The number of anilines is 1. The molecule has 0 aliphatic rings. The third-order valence-electron chi connectivity index (χ3n) is 1.85. The first-order chi connectivity index (χ1) is 6.59. The molecule has 0 saturated carbocycles. The summed E-state index contributed by atoms with van der Waals surface area (Å²) in [6, 6.07) is 3.90. The average molecular weight is 215 g/mol. The van der Waals surface area contributed by atoms with Crippen LogP contribution in [-0.4, -0.2) is 4.98 Å². The van der Waals surface area contributed by atoms with Crippen molar-refractivity contribution in [1.82, 2.24) is 4.98 Å². The second-order valence-corrected chi connectivity index (χ2v) is 3.17. The minimum absolute atomic E-state index is 0.157. The molecule has 14 heavy (non-hydrogen) atoms. The van der Waals surface area contributed by atoms with Crippen LogP contribution in [0.5, 0.6) is 0 Å². The summed E-state index contributed by atoms with van der Waals surface area (Å²) in [7, 11) is 0. The van der Waals surface area contributed by atoms with Crippen molar-refractivity contribution in [3.05, 3.63) is 34.9 Å². The van der Waals surface area contributed by atoms with Crippen molar-refractivity contribution in [2.45, 2.75) is 0 Å². The number of pyridine rings is 1. The second kappa shape index (κ2) is 3.06. The molecule has 0 amide bonds. The van der Waals surface area contributed by atoms with Crippen LogP contribution in [0.15, 0.2) is 18.2 Å². The zero-order chi connectivity index (χ0) is 10.3. The van der Waals surface area contributed by atoms with Crippen molar-refractivity contribution in [3.63, 3.8) is 0 Å². The first kappa shape index (κ1) is 9.15. The Morgan fingerprint density at radius 2 is 2.00 bits per heavy atom. The summed E-state index contributed by atoms with van der Waals surface area (Å²) in [5.74, 6) is -1.44. The van der Waals surface area contributed by atoms with E-state index in [1.54, 1.807) is 0 Å². The maximum absolute atomic E-state index is 13.3. The number of halogens is 3. The minimum atomic E-state index is -0.838. The van der Waals surface area contributed by atoms with Gasteiger partial charge in [0.25, 0.3) is 0 Å². The quantitative estimate of drug-likeness (QED) is 0.685. The van der Waals surface area contributed by atoms with Crippen molar-refractivity contribution in [2.75, 3.05) is 5.73 Å². The Hall–Kier alpha value is -1.42. The van der Waals surface area contributed by atoms with Crippen LogP contribution in [0.1, 0.15) is 0 Å². The third kappa shape index (κ3) is 1.28. The Bertz CT molecular complexity index is 514. The molecule has 2 nitrogen and oxygen atoms in total. The van der Waals surface area contributed by atoms with Crippen molar-refractivity contribution in [2.24, 2.45) is 0 Å². The number of fused-ring (bicyclic) bond motifs is 1. The van der Waals surface area contributed by atoms with Gasteiger partial charge in [0.05, 0.1) is 5.52 Å². The Morgan fingerprint density at radius 3 is 2.71 bits per heavy atom. The number of nitrogens with zero attached hydrogens (tertiary/aromatic N) is 1. The Kier molecular flexibility index (Phi) is 2.00. The largest absolute Gasteiger partial charge is 0.384 e. The summed E-state index contributed by atoms with van der Waals surface area (Å²) in [5.41, 5.74) is 5.53. The van der Waals surface area contributed by atoms with E-state index in [9.17, 15) is 8.78 Å². The Balaban J connectivity index is 2.91. The molecule has 1 heterocycles. The monoisotopic (exact) mass is 214 g/mol. The summed E-state index contributed by atoms with van der Waals surface area (Å²) < 4.78 is 26.3. The molecule has 0 spiro atoms. The number of aromatic nitrogens is 1. The van der Waals surface area contributed by atoms with E-state index in [2.05, 4.69) is 4.98 Å². The molecular formula is C9H5ClF2N2. The fraction of sp³-hybridized carbons (Fsp3) is 0. The lowest BCUT2D eigenvalue weighted by Crippen LogP contribution is -1.93. The molecular weight excluding hydrogens is 210 g/mol. The molecule has 0 atom stereocenters. The number of nitrogens with two attached hydrogens (primary N) is 1. The zero-order valence-electron chi connectivity index (χ0n) is 6.89. The molecule has 0 saturated heterocycles. The number of nitrogen functional groups attached to an aromatic ring is 1. The predicted octanol–water partition coefficient (Wildman–Crippen LogP) is 2.75. The molecule has 0 bridgehead atoms. The summed E-state index contributed by atoms with van der Waals surface area (Å²) in [6.45, 7) is 0. The van der Waals surface area contributed by atoms with Gasteiger partial charge in [-0.15, -0.1) is 0 Å². The Labute approximate surface area is 83.3 Å². The van der Waals surface area contributed by atoms with Gasteiger partial charge in [-0.25, -0.2) is 13.8 Å². The maximum Gasteiger partial charge on any atom is 0.154 e. The van der Waals surface area contributed by atoms with Gasteiger partial charge in [0.1, 0.15) is 16.7 Å². The predicted molar refractivity (Wildman–Crippen MR) is 51.1 cm³/mol. The molecule has 72 valence electrons. The van der Waals surface area contributed by atoms with Crippen molar-refractivity contribution in [1.29, 1.82) is 0 Å². The first-order valence-corrected chi connectivity index (χ1v) is 4.17. The summed E-state index contributed by atoms with van der Waals surface area (Å²) >= 11 is 5.39. The molecule has 1 aromatic carbocycles. The number of benzene rings is 1. The number of hydrogen-bond acceptors (Lipinski definition) is 2. The van der Waals surface area contributed by atoms with Crippen LogP contribution in [0, 0.1) is 11.6 Å². The van der Waals surface area contributed by atoms with E-state index in [1.165, 1.54) is 12.1 Å². The van der Waals surface area contributed by atoms with E-state index >= 15 is 0 Å². The zero-order valence-corrected chi connectivity index (χ0v) is 7.65. The van der Waals surface area contributed by atoms with Gasteiger partial charge in [-0.05, 0) is 12.1 Å². The van der Waals surface area contributed by atoms with Crippen LogP contribution in [0.3, 0.4) is 0 Å². The van der Waals surface area contributed by atoms with Gasteiger partial charge >= 0.3 is 0 Å². The molecule has 1 aromatic heterocycles. The lowest BCUT2D eigenvalue weighted by molar-refractivity contribution is 0.592. The lowest BCUT2D eigenvalue weighted by atomic mass is 10.2. The molecule has 0 radical (unpaired) electrons. The molecule has 0 aliphatic heterocycles. The van der Waals surface area contributed by atoms with Gasteiger partial charge in [-0.3, -0.25) is 0 Å². The van der Waals surface area contributed by atoms with Crippen molar-refractivity contribution >= 4 is 28.3 Å². The normalized spacial score (nSPS) is 10.8. The second-order valence-electron chi connectivity index (χ2n) is 2.79. The van der Waals surface area contributed by atoms with E-state index in [0.717, 1.165) is 6.07 Å².